The van der Waals surface area contributed by atoms with Crippen LogP contribution in [-0.4, -0.2) is 49.1 Å². The Morgan fingerprint density at radius 2 is 1.81 bits per heavy atom. The Hall–Kier alpha value is -2.61. The Morgan fingerprint density at radius 1 is 1.16 bits per heavy atom. The van der Waals surface area contributed by atoms with Crippen LogP contribution in [0.15, 0.2) is 42.0 Å². The molecule has 1 fully saturated rings. The molecule has 9 heteroatoms. The second-order valence-electron chi connectivity index (χ2n) is 6.83. The number of carbonyl (C=O) groups is 2. The SMILES string of the molecule is COCCCN1C(=O)C(=O)/C(=C(/O)c2cc(Cl)c(OC)c(Cl)c2)C1c1ccccc1F. The summed E-state index contributed by atoms with van der Waals surface area (Å²) in [5.74, 6) is -2.68. The number of aliphatic hydroxyl groups is 1. The molecule has 3 rings (SSSR count). The molecule has 2 aromatic rings. The van der Waals surface area contributed by atoms with E-state index in [2.05, 4.69) is 0 Å². The Bertz CT molecular complexity index is 1030. The second-order valence-corrected chi connectivity index (χ2v) is 7.65. The van der Waals surface area contributed by atoms with E-state index in [9.17, 15) is 19.1 Å². The van der Waals surface area contributed by atoms with Crippen molar-refractivity contribution in [3.8, 4) is 5.75 Å². The zero-order valence-corrected chi connectivity index (χ0v) is 18.3. The number of aliphatic hydroxyl groups excluding tert-OH is 1. The van der Waals surface area contributed by atoms with Crippen LogP contribution in [0.5, 0.6) is 5.75 Å². The Balaban J connectivity index is 2.19. The van der Waals surface area contributed by atoms with Crippen LogP contribution >= 0.6 is 23.2 Å². The van der Waals surface area contributed by atoms with Gasteiger partial charge in [0.1, 0.15) is 11.6 Å². The van der Waals surface area contributed by atoms with Crippen molar-refractivity contribution in [2.75, 3.05) is 27.4 Å². The number of Topliss-reactive ketones (excluding diaryl/α,β-unsaturated/α-hetero) is 1. The van der Waals surface area contributed by atoms with Gasteiger partial charge in [0.25, 0.3) is 11.7 Å². The monoisotopic (exact) mass is 467 g/mol. The van der Waals surface area contributed by atoms with Crippen molar-refractivity contribution >= 4 is 40.7 Å². The highest BCUT2D eigenvalue weighted by molar-refractivity contribution is 6.46. The van der Waals surface area contributed by atoms with E-state index in [1.165, 1.54) is 49.5 Å². The fourth-order valence-corrected chi connectivity index (χ4v) is 4.20. The number of hydrogen-bond acceptors (Lipinski definition) is 5. The van der Waals surface area contributed by atoms with Gasteiger partial charge in [-0.25, -0.2) is 4.39 Å². The average molecular weight is 468 g/mol. The largest absolute Gasteiger partial charge is 0.507 e. The smallest absolute Gasteiger partial charge is 0.295 e. The number of amides is 1. The van der Waals surface area contributed by atoms with Gasteiger partial charge in [-0.2, -0.15) is 0 Å². The molecule has 1 atom stereocenters. The first-order chi connectivity index (χ1) is 14.8. The van der Waals surface area contributed by atoms with E-state index < -0.39 is 29.3 Å². The Labute approximate surface area is 188 Å². The molecule has 1 unspecified atom stereocenters. The van der Waals surface area contributed by atoms with Crippen molar-refractivity contribution in [1.29, 1.82) is 0 Å². The third kappa shape index (κ3) is 4.39. The van der Waals surface area contributed by atoms with Gasteiger partial charge < -0.3 is 19.5 Å². The van der Waals surface area contributed by atoms with Gasteiger partial charge >= 0.3 is 0 Å². The molecule has 0 bridgehead atoms. The van der Waals surface area contributed by atoms with Gasteiger partial charge in [0.05, 0.1) is 28.8 Å². The molecule has 1 saturated heterocycles. The molecule has 0 spiro atoms. The first-order valence-corrected chi connectivity index (χ1v) is 10.1. The number of benzene rings is 2. The van der Waals surface area contributed by atoms with Gasteiger partial charge in [0.2, 0.25) is 0 Å². The van der Waals surface area contributed by atoms with E-state index in [0.717, 1.165) is 0 Å². The van der Waals surface area contributed by atoms with Crippen molar-refractivity contribution in [2.24, 2.45) is 0 Å². The number of carbonyl (C=O) groups excluding carboxylic acids is 2. The highest BCUT2D eigenvalue weighted by atomic mass is 35.5. The zero-order valence-electron chi connectivity index (χ0n) is 16.8. The molecule has 0 aromatic heterocycles. The maximum absolute atomic E-state index is 14.7. The van der Waals surface area contributed by atoms with Crippen LogP contribution in [0.1, 0.15) is 23.6 Å². The summed E-state index contributed by atoms with van der Waals surface area (Å²) in [4.78, 5) is 26.9. The number of halogens is 3. The number of ether oxygens (including phenoxy) is 2. The molecular formula is C22H20Cl2FNO5. The van der Waals surface area contributed by atoms with Crippen LogP contribution in [0, 0.1) is 5.82 Å². The van der Waals surface area contributed by atoms with E-state index in [1.807, 2.05) is 0 Å². The van der Waals surface area contributed by atoms with Crippen LogP contribution in [0.3, 0.4) is 0 Å². The van der Waals surface area contributed by atoms with Gasteiger partial charge in [-0.3, -0.25) is 9.59 Å². The quantitative estimate of drug-likeness (QED) is 0.278. The summed E-state index contributed by atoms with van der Waals surface area (Å²) >= 11 is 12.3. The summed E-state index contributed by atoms with van der Waals surface area (Å²) in [5, 5.41) is 11.2. The maximum atomic E-state index is 14.7. The lowest BCUT2D eigenvalue weighted by Gasteiger charge is -2.25. The zero-order chi connectivity index (χ0) is 22.7. The average Bonchev–Trinajstić information content (AvgIpc) is 2.98. The van der Waals surface area contributed by atoms with Crippen molar-refractivity contribution in [2.45, 2.75) is 12.5 Å². The molecular weight excluding hydrogens is 448 g/mol. The summed E-state index contributed by atoms with van der Waals surface area (Å²) in [6.07, 6.45) is 0.425. The van der Waals surface area contributed by atoms with E-state index >= 15 is 0 Å². The predicted octanol–water partition coefficient (Wildman–Crippen LogP) is 4.60. The van der Waals surface area contributed by atoms with Crippen LogP contribution in [-0.2, 0) is 14.3 Å². The van der Waals surface area contributed by atoms with Crippen molar-refractivity contribution < 1.29 is 28.6 Å². The van der Waals surface area contributed by atoms with E-state index in [0.29, 0.717) is 13.0 Å². The molecule has 1 N–H and O–H groups in total. The summed E-state index contributed by atoms with van der Waals surface area (Å²) in [7, 11) is 2.90. The number of hydrogen-bond donors (Lipinski definition) is 1. The molecule has 1 aliphatic heterocycles. The number of rotatable bonds is 7. The predicted molar refractivity (Wildman–Crippen MR) is 115 cm³/mol. The lowest BCUT2D eigenvalue weighted by molar-refractivity contribution is -0.140. The van der Waals surface area contributed by atoms with Gasteiger partial charge in [-0.15, -0.1) is 0 Å². The minimum absolute atomic E-state index is 0.0892. The summed E-state index contributed by atoms with van der Waals surface area (Å²) in [6.45, 7) is 0.481. The highest BCUT2D eigenvalue weighted by Crippen LogP contribution is 2.42. The number of likely N-dealkylation sites (tertiary alicyclic amines) is 1. The normalized spacial score (nSPS) is 18.0. The van der Waals surface area contributed by atoms with Crippen molar-refractivity contribution in [1.82, 2.24) is 4.90 Å². The minimum atomic E-state index is -1.11. The lowest BCUT2D eigenvalue weighted by Crippen LogP contribution is -2.31. The molecule has 1 heterocycles. The summed E-state index contributed by atoms with van der Waals surface area (Å²) < 4.78 is 24.8. The molecule has 2 aromatic carbocycles. The molecule has 0 radical (unpaired) electrons. The maximum Gasteiger partial charge on any atom is 0.295 e. The van der Waals surface area contributed by atoms with E-state index in [1.54, 1.807) is 6.07 Å². The minimum Gasteiger partial charge on any atom is -0.507 e. The van der Waals surface area contributed by atoms with Gasteiger partial charge in [0, 0.05) is 31.4 Å². The fourth-order valence-electron chi connectivity index (χ4n) is 3.56. The Morgan fingerprint density at radius 3 is 2.39 bits per heavy atom. The molecule has 1 amide bonds. The molecule has 0 saturated carbocycles. The third-order valence-corrected chi connectivity index (χ3v) is 5.52. The van der Waals surface area contributed by atoms with Crippen LogP contribution < -0.4 is 4.74 Å². The van der Waals surface area contributed by atoms with Crippen molar-refractivity contribution in [3.05, 3.63) is 69.0 Å². The van der Waals surface area contributed by atoms with Gasteiger partial charge in [0.15, 0.2) is 5.75 Å². The molecule has 6 nitrogen and oxygen atoms in total. The van der Waals surface area contributed by atoms with E-state index in [4.69, 9.17) is 32.7 Å². The topological polar surface area (TPSA) is 76.1 Å². The van der Waals surface area contributed by atoms with Crippen LogP contribution in [0.4, 0.5) is 4.39 Å². The molecule has 164 valence electrons. The molecule has 31 heavy (non-hydrogen) atoms. The number of ketones is 1. The fraction of sp³-hybridized carbons (Fsp3) is 0.273. The van der Waals surface area contributed by atoms with Crippen molar-refractivity contribution in [3.63, 3.8) is 0 Å². The first kappa shape index (κ1) is 23.1. The summed E-state index contributed by atoms with van der Waals surface area (Å²) in [5.41, 5.74) is -0.0526. The number of methoxy groups -OCH3 is 2. The molecule has 0 aliphatic carbocycles. The van der Waals surface area contributed by atoms with Gasteiger partial charge in [-0.1, -0.05) is 41.4 Å². The van der Waals surface area contributed by atoms with E-state index in [-0.39, 0.29) is 39.0 Å². The lowest BCUT2D eigenvalue weighted by atomic mass is 9.95. The van der Waals surface area contributed by atoms with Gasteiger partial charge in [-0.05, 0) is 24.6 Å². The highest BCUT2D eigenvalue weighted by Gasteiger charge is 2.46. The standard InChI is InChI=1S/C22H20Cl2FNO5/c1-30-9-5-8-26-18(13-6-3-4-7-16(13)25)17(20(28)22(26)29)19(27)12-10-14(23)21(31-2)15(24)11-12/h3-4,6-7,10-11,18,27H,5,8-9H2,1-2H3/b19-17+. The van der Waals surface area contributed by atoms with Crippen LogP contribution in [0.2, 0.25) is 10.0 Å². The van der Waals surface area contributed by atoms with Crippen LogP contribution in [0.25, 0.3) is 5.76 Å². The summed E-state index contributed by atoms with van der Waals surface area (Å²) in [6, 6.07) is 7.39. The third-order valence-electron chi connectivity index (χ3n) is 4.96. The second kappa shape index (κ2) is 9.68. The number of nitrogens with zero attached hydrogens (tertiary/aromatic N) is 1. The first-order valence-electron chi connectivity index (χ1n) is 9.37. The Kier molecular flexibility index (Phi) is 7.20. The molecule has 1 aliphatic rings.